The van der Waals surface area contributed by atoms with Crippen LogP contribution >= 0.6 is 15.9 Å². The van der Waals surface area contributed by atoms with Crippen LogP contribution in [0.1, 0.15) is 22.8 Å². The van der Waals surface area contributed by atoms with E-state index in [1.165, 1.54) is 0 Å². The maximum atomic E-state index is 12.3. The Kier molecular flexibility index (Phi) is 5.91. The fraction of sp³-hybridized carbons (Fsp3) is 0.250. The molecule has 0 atom stereocenters. The van der Waals surface area contributed by atoms with Gasteiger partial charge in [0.05, 0.1) is 0 Å². The largest absolute Gasteiger partial charge is 0.333 e. The third-order valence-corrected chi connectivity index (χ3v) is 5.00. The van der Waals surface area contributed by atoms with Gasteiger partial charge in [-0.3, -0.25) is 14.4 Å². The van der Waals surface area contributed by atoms with Crippen LogP contribution in [0, 0.1) is 0 Å². The molecule has 1 N–H and O–H groups in total. The third kappa shape index (κ3) is 4.54. The van der Waals surface area contributed by atoms with Gasteiger partial charge in [-0.15, -0.1) is 0 Å². The zero-order valence-corrected chi connectivity index (χ0v) is 16.5. The summed E-state index contributed by atoms with van der Waals surface area (Å²) in [7, 11) is 0. The highest BCUT2D eigenvalue weighted by atomic mass is 79.9. The Labute approximate surface area is 166 Å². The number of amides is 3. The zero-order valence-electron chi connectivity index (χ0n) is 14.9. The van der Waals surface area contributed by atoms with Crippen LogP contribution in [-0.4, -0.2) is 47.2 Å². The van der Waals surface area contributed by atoms with E-state index in [1.807, 2.05) is 31.2 Å². The summed E-state index contributed by atoms with van der Waals surface area (Å²) < 4.78 is 0.942. The minimum atomic E-state index is -0.472. The molecule has 1 heterocycles. The van der Waals surface area contributed by atoms with E-state index in [1.54, 1.807) is 34.1 Å². The van der Waals surface area contributed by atoms with E-state index in [0.717, 1.165) is 10.0 Å². The highest BCUT2D eigenvalue weighted by Crippen LogP contribution is 2.16. The van der Waals surface area contributed by atoms with E-state index >= 15 is 0 Å². The molecule has 0 unspecified atom stereocenters. The van der Waals surface area contributed by atoms with Crippen molar-refractivity contribution in [2.75, 3.05) is 25.0 Å². The van der Waals surface area contributed by atoms with Crippen molar-refractivity contribution in [1.29, 1.82) is 0 Å². The molecule has 1 fully saturated rings. The van der Waals surface area contributed by atoms with Gasteiger partial charge in [-0.25, -0.2) is 0 Å². The SMILES string of the molecule is CCN1CCN(Cc2ccc(C(=O)Nc3ccc(Br)cc3)cc2)C(=O)C1=O. The Bertz CT molecular complexity index is 850. The molecule has 1 aliphatic rings. The van der Waals surface area contributed by atoms with E-state index in [0.29, 0.717) is 37.4 Å². The first-order valence-corrected chi connectivity index (χ1v) is 9.51. The van der Waals surface area contributed by atoms with Crippen LogP contribution in [0.5, 0.6) is 0 Å². The summed E-state index contributed by atoms with van der Waals surface area (Å²) in [5, 5.41) is 2.84. The first kappa shape index (κ1) is 19.1. The van der Waals surface area contributed by atoms with Crippen molar-refractivity contribution in [3.05, 3.63) is 64.1 Å². The summed E-state index contributed by atoms with van der Waals surface area (Å²) in [6, 6.07) is 14.4. The van der Waals surface area contributed by atoms with E-state index in [9.17, 15) is 14.4 Å². The number of nitrogens with one attached hydrogen (secondary N) is 1. The molecule has 0 saturated carbocycles. The molecule has 1 aliphatic heterocycles. The van der Waals surface area contributed by atoms with Gasteiger partial charge in [0.2, 0.25) is 0 Å². The van der Waals surface area contributed by atoms with E-state index in [2.05, 4.69) is 21.2 Å². The van der Waals surface area contributed by atoms with Gasteiger partial charge < -0.3 is 15.1 Å². The molecule has 6 nitrogen and oxygen atoms in total. The van der Waals surface area contributed by atoms with Crippen LogP contribution in [0.3, 0.4) is 0 Å². The fourth-order valence-corrected chi connectivity index (χ4v) is 3.15. The zero-order chi connectivity index (χ0) is 19.4. The van der Waals surface area contributed by atoms with E-state index in [-0.39, 0.29) is 5.91 Å². The molecule has 2 aromatic carbocycles. The summed E-state index contributed by atoms with van der Waals surface area (Å²) in [5.41, 5.74) is 2.12. The summed E-state index contributed by atoms with van der Waals surface area (Å²) in [6.45, 7) is 3.83. The molecule has 1 saturated heterocycles. The molecule has 0 spiro atoms. The Hall–Kier alpha value is -2.67. The summed E-state index contributed by atoms with van der Waals surface area (Å²) >= 11 is 3.36. The van der Waals surface area contributed by atoms with Crippen molar-refractivity contribution in [3.63, 3.8) is 0 Å². The Morgan fingerprint density at radius 2 is 1.56 bits per heavy atom. The quantitative estimate of drug-likeness (QED) is 0.742. The summed E-state index contributed by atoms with van der Waals surface area (Å²) in [4.78, 5) is 39.6. The highest BCUT2D eigenvalue weighted by molar-refractivity contribution is 9.10. The van der Waals surface area contributed by atoms with Crippen molar-refractivity contribution in [2.45, 2.75) is 13.5 Å². The molecular weight excluding hydrogens is 410 g/mol. The second kappa shape index (κ2) is 8.35. The molecule has 140 valence electrons. The lowest BCUT2D eigenvalue weighted by Gasteiger charge is -2.33. The topological polar surface area (TPSA) is 69.7 Å². The van der Waals surface area contributed by atoms with Gasteiger partial charge in [-0.2, -0.15) is 0 Å². The smallest absolute Gasteiger partial charge is 0.312 e. The van der Waals surface area contributed by atoms with Crippen molar-refractivity contribution in [2.24, 2.45) is 0 Å². The molecular formula is C20H20BrN3O3. The number of nitrogens with zero attached hydrogens (tertiary/aromatic N) is 2. The number of hydrogen-bond acceptors (Lipinski definition) is 3. The van der Waals surface area contributed by atoms with Gasteiger partial charge in [-0.05, 0) is 48.9 Å². The second-order valence-corrected chi connectivity index (χ2v) is 7.19. The van der Waals surface area contributed by atoms with Gasteiger partial charge >= 0.3 is 11.8 Å². The number of likely N-dealkylation sites (N-methyl/N-ethyl adjacent to an activating group) is 1. The number of anilines is 1. The fourth-order valence-electron chi connectivity index (χ4n) is 2.89. The Morgan fingerprint density at radius 1 is 0.963 bits per heavy atom. The number of rotatable bonds is 5. The molecule has 7 heteroatoms. The minimum Gasteiger partial charge on any atom is -0.333 e. The van der Waals surface area contributed by atoms with Crippen LogP contribution in [0.4, 0.5) is 5.69 Å². The number of carbonyl (C=O) groups excluding carboxylic acids is 3. The normalized spacial score (nSPS) is 14.4. The summed E-state index contributed by atoms with van der Waals surface area (Å²) in [5.74, 6) is -1.12. The van der Waals surface area contributed by atoms with Gasteiger partial charge in [0.1, 0.15) is 0 Å². The predicted octanol–water partition coefficient (Wildman–Crippen LogP) is 2.89. The van der Waals surface area contributed by atoms with E-state index in [4.69, 9.17) is 0 Å². The number of carbonyl (C=O) groups is 3. The lowest BCUT2D eigenvalue weighted by Crippen LogP contribution is -2.53. The van der Waals surface area contributed by atoms with Crippen molar-refractivity contribution < 1.29 is 14.4 Å². The Balaban J connectivity index is 1.61. The van der Waals surface area contributed by atoms with Gasteiger partial charge in [0.15, 0.2) is 0 Å². The van der Waals surface area contributed by atoms with Gasteiger partial charge in [0.25, 0.3) is 5.91 Å². The average molecular weight is 430 g/mol. The second-order valence-electron chi connectivity index (χ2n) is 6.27. The van der Waals surface area contributed by atoms with Crippen molar-refractivity contribution in [3.8, 4) is 0 Å². The van der Waals surface area contributed by atoms with Crippen molar-refractivity contribution in [1.82, 2.24) is 9.80 Å². The molecule has 0 radical (unpaired) electrons. The first-order chi connectivity index (χ1) is 13.0. The van der Waals surface area contributed by atoms with Crippen molar-refractivity contribution >= 4 is 39.3 Å². The van der Waals surface area contributed by atoms with Crippen LogP contribution in [0.25, 0.3) is 0 Å². The minimum absolute atomic E-state index is 0.202. The van der Waals surface area contributed by atoms with Gasteiger partial charge in [0, 0.05) is 41.9 Å². The summed E-state index contributed by atoms with van der Waals surface area (Å²) in [6.07, 6.45) is 0. The molecule has 0 aliphatic carbocycles. The third-order valence-electron chi connectivity index (χ3n) is 4.47. The molecule has 2 aromatic rings. The maximum absolute atomic E-state index is 12.3. The number of halogens is 1. The predicted molar refractivity (Wildman–Crippen MR) is 106 cm³/mol. The lowest BCUT2D eigenvalue weighted by molar-refractivity contribution is -0.156. The monoisotopic (exact) mass is 429 g/mol. The number of benzene rings is 2. The van der Waals surface area contributed by atoms with Crippen LogP contribution in [0.15, 0.2) is 53.0 Å². The first-order valence-electron chi connectivity index (χ1n) is 8.72. The number of piperazine rings is 1. The van der Waals surface area contributed by atoms with E-state index < -0.39 is 11.8 Å². The number of hydrogen-bond donors (Lipinski definition) is 1. The average Bonchev–Trinajstić information content (AvgIpc) is 2.68. The Morgan fingerprint density at radius 3 is 2.19 bits per heavy atom. The van der Waals surface area contributed by atoms with Crippen LogP contribution in [0.2, 0.25) is 0 Å². The standard InChI is InChI=1S/C20H20BrN3O3/c1-2-23-11-12-24(20(27)19(23)26)13-14-3-5-15(6-4-14)18(25)22-17-9-7-16(21)8-10-17/h3-10H,2,11-13H2,1H3,(H,22,25). The lowest BCUT2D eigenvalue weighted by atomic mass is 10.1. The van der Waals surface area contributed by atoms with Crippen LogP contribution in [-0.2, 0) is 16.1 Å². The van der Waals surface area contributed by atoms with Crippen LogP contribution < -0.4 is 5.32 Å². The molecule has 27 heavy (non-hydrogen) atoms. The molecule has 0 aromatic heterocycles. The van der Waals surface area contributed by atoms with Gasteiger partial charge in [-0.1, -0.05) is 28.1 Å². The maximum Gasteiger partial charge on any atom is 0.312 e. The molecule has 0 bridgehead atoms. The molecule has 3 rings (SSSR count). The molecule has 3 amide bonds. The highest BCUT2D eigenvalue weighted by Gasteiger charge is 2.31.